The third kappa shape index (κ3) is 3.26. The van der Waals surface area contributed by atoms with Gasteiger partial charge in [-0.15, -0.1) is 11.3 Å². The number of aromatic nitrogens is 2. The lowest BCUT2D eigenvalue weighted by atomic mass is 10.2. The van der Waals surface area contributed by atoms with E-state index < -0.39 is 12.0 Å². The van der Waals surface area contributed by atoms with E-state index in [9.17, 15) is 9.59 Å². The van der Waals surface area contributed by atoms with Gasteiger partial charge in [-0.05, 0) is 26.3 Å². The van der Waals surface area contributed by atoms with Crippen LogP contribution in [0.15, 0.2) is 0 Å². The minimum Gasteiger partial charge on any atom is -0.465 e. The highest BCUT2D eigenvalue weighted by Crippen LogP contribution is 2.34. The zero-order valence-electron chi connectivity index (χ0n) is 14.1. The average molecular weight is 336 g/mol. The van der Waals surface area contributed by atoms with Crippen LogP contribution in [0.2, 0.25) is 0 Å². The summed E-state index contributed by atoms with van der Waals surface area (Å²) in [6.45, 7) is 5.37. The number of fused-ring (bicyclic) bond motifs is 1. The number of hydrogen-bond acceptors (Lipinski definition) is 7. The van der Waals surface area contributed by atoms with Crippen LogP contribution in [-0.4, -0.2) is 54.0 Å². The fraction of sp³-hybridized carbons (Fsp3) is 0.467. The van der Waals surface area contributed by atoms with Crippen LogP contribution in [0.1, 0.15) is 28.0 Å². The highest BCUT2D eigenvalue weighted by atomic mass is 32.1. The van der Waals surface area contributed by atoms with Crippen molar-refractivity contribution in [2.24, 2.45) is 0 Å². The summed E-state index contributed by atoms with van der Waals surface area (Å²) in [5.41, 5.74) is 0.754. The third-order valence-corrected chi connectivity index (χ3v) is 4.60. The molecular weight excluding hydrogens is 316 g/mol. The zero-order valence-corrected chi connectivity index (χ0v) is 14.9. The lowest BCUT2D eigenvalue weighted by Crippen LogP contribution is -2.37. The normalized spacial score (nSPS) is 12.1. The van der Waals surface area contributed by atoms with Gasteiger partial charge in [0.15, 0.2) is 0 Å². The minimum absolute atomic E-state index is 0.0597. The fourth-order valence-electron chi connectivity index (χ4n) is 2.29. The summed E-state index contributed by atoms with van der Waals surface area (Å²) in [5, 5.41) is 3.88. The molecule has 2 heterocycles. The molecule has 0 aliphatic carbocycles. The van der Waals surface area contributed by atoms with Crippen LogP contribution in [0, 0.1) is 13.8 Å². The number of methoxy groups -OCH3 is 1. The van der Waals surface area contributed by atoms with Crippen molar-refractivity contribution in [2.75, 3.05) is 26.5 Å². The Morgan fingerprint density at radius 1 is 1.26 bits per heavy atom. The van der Waals surface area contributed by atoms with Gasteiger partial charge >= 0.3 is 5.97 Å². The number of aryl methyl sites for hydroxylation is 2. The molecule has 0 unspecified atom stereocenters. The first kappa shape index (κ1) is 17.1. The molecule has 0 bridgehead atoms. The molecule has 2 aromatic heterocycles. The average Bonchev–Trinajstić information content (AvgIpc) is 2.82. The second-order valence-electron chi connectivity index (χ2n) is 5.45. The van der Waals surface area contributed by atoms with E-state index in [1.54, 1.807) is 27.9 Å². The summed E-state index contributed by atoms with van der Waals surface area (Å²) < 4.78 is 4.81. The lowest BCUT2D eigenvalue weighted by molar-refractivity contribution is -0.129. The molecule has 0 fully saturated rings. The molecule has 124 valence electrons. The Morgan fingerprint density at radius 2 is 1.91 bits per heavy atom. The largest absolute Gasteiger partial charge is 0.465 e. The van der Waals surface area contributed by atoms with Crippen LogP contribution in [-0.2, 0) is 9.53 Å². The number of rotatable bonds is 4. The van der Waals surface area contributed by atoms with Crippen LogP contribution in [0.3, 0.4) is 0 Å². The first-order valence-electron chi connectivity index (χ1n) is 7.10. The van der Waals surface area contributed by atoms with Gasteiger partial charge in [-0.3, -0.25) is 4.79 Å². The molecule has 1 atom stereocenters. The van der Waals surface area contributed by atoms with Crippen molar-refractivity contribution in [3.05, 3.63) is 16.3 Å². The minimum atomic E-state index is -0.441. The summed E-state index contributed by atoms with van der Waals surface area (Å²) in [6.07, 6.45) is 0. The van der Waals surface area contributed by atoms with Gasteiger partial charge in [-0.2, -0.15) is 0 Å². The van der Waals surface area contributed by atoms with E-state index in [1.165, 1.54) is 23.3 Å². The maximum Gasteiger partial charge on any atom is 0.348 e. The first-order valence-corrected chi connectivity index (χ1v) is 7.91. The number of carbonyl (C=O) groups excluding carboxylic acids is 2. The quantitative estimate of drug-likeness (QED) is 0.860. The number of anilines is 1. The van der Waals surface area contributed by atoms with E-state index in [-0.39, 0.29) is 5.91 Å². The number of likely N-dealkylation sites (N-methyl/N-ethyl adjacent to an activating group) is 1. The standard InChI is InChI=1S/C15H20N4O3S/c1-7-10-12(16-8(2)14(20)19(4)5)17-9(3)18-13(10)23-11(7)15(21)22-6/h8H,1-6H3,(H,16,17,18)/t8-/m0/s1. The number of amides is 1. The van der Waals surface area contributed by atoms with Crippen molar-refractivity contribution in [3.63, 3.8) is 0 Å². The van der Waals surface area contributed by atoms with Crippen LogP contribution in [0.4, 0.5) is 5.82 Å². The number of esters is 1. The molecule has 0 aromatic carbocycles. The van der Waals surface area contributed by atoms with Crippen molar-refractivity contribution in [1.82, 2.24) is 14.9 Å². The number of thiophene rings is 1. The molecule has 0 aliphatic heterocycles. The van der Waals surface area contributed by atoms with Crippen molar-refractivity contribution >= 4 is 39.2 Å². The van der Waals surface area contributed by atoms with Crippen molar-refractivity contribution < 1.29 is 14.3 Å². The molecule has 23 heavy (non-hydrogen) atoms. The fourth-order valence-corrected chi connectivity index (χ4v) is 3.44. The van der Waals surface area contributed by atoms with Gasteiger partial charge in [-0.25, -0.2) is 14.8 Å². The van der Waals surface area contributed by atoms with Crippen molar-refractivity contribution in [2.45, 2.75) is 26.8 Å². The maximum absolute atomic E-state index is 12.1. The molecule has 2 rings (SSSR count). The van der Waals surface area contributed by atoms with E-state index in [0.29, 0.717) is 21.3 Å². The number of hydrogen-bond donors (Lipinski definition) is 1. The number of nitrogens with zero attached hydrogens (tertiary/aromatic N) is 3. The third-order valence-electron chi connectivity index (χ3n) is 3.44. The van der Waals surface area contributed by atoms with Gasteiger partial charge in [0.05, 0.1) is 12.5 Å². The first-order chi connectivity index (χ1) is 10.8. The molecule has 1 amide bonds. The summed E-state index contributed by atoms with van der Waals surface area (Å²) in [4.78, 5) is 35.4. The smallest absolute Gasteiger partial charge is 0.348 e. The molecular formula is C15H20N4O3S. The predicted octanol–water partition coefficient (Wildman–Crippen LogP) is 1.98. The van der Waals surface area contributed by atoms with Crippen LogP contribution >= 0.6 is 11.3 Å². The highest BCUT2D eigenvalue weighted by molar-refractivity contribution is 7.20. The molecule has 2 aromatic rings. The van der Waals surface area contributed by atoms with Crippen LogP contribution in [0.5, 0.6) is 0 Å². The van der Waals surface area contributed by atoms with Gasteiger partial charge < -0.3 is 15.0 Å². The Hall–Kier alpha value is -2.22. The van der Waals surface area contributed by atoms with Gasteiger partial charge in [0.25, 0.3) is 0 Å². The molecule has 0 saturated heterocycles. The zero-order chi connectivity index (χ0) is 17.3. The molecule has 7 nitrogen and oxygen atoms in total. The topological polar surface area (TPSA) is 84.4 Å². The van der Waals surface area contributed by atoms with Crippen LogP contribution < -0.4 is 5.32 Å². The van der Waals surface area contributed by atoms with Crippen LogP contribution in [0.25, 0.3) is 10.2 Å². The second-order valence-corrected chi connectivity index (χ2v) is 6.45. The monoisotopic (exact) mass is 336 g/mol. The number of ether oxygens (including phenoxy) is 1. The van der Waals surface area contributed by atoms with Gasteiger partial charge in [0.2, 0.25) is 5.91 Å². The lowest BCUT2D eigenvalue weighted by Gasteiger charge is -2.19. The number of nitrogens with one attached hydrogen (secondary N) is 1. The highest BCUT2D eigenvalue weighted by Gasteiger charge is 2.22. The Kier molecular flexibility index (Phi) is 4.84. The molecule has 0 radical (unpaired) electrons. The van der Waals surface area contributed by atoms with E-state index >= 15 is 0 Å². The summed E-state index contributed by atoms with van der Waals surface area (Å²) >= 11 is 1.27. The Labute approximate surface area is 138 Å². The molecule has 1 N–H and O–H groups in total. The second kappa shape index (κ2) is 6.49. The molecule has 0 saturated carbocycles. The molecule has 8 heteroatoms. The van der Waals surface area contributed by atoms with Gasteiger partial charge in [0.1, 0.15) is 27.4 Å². The van der Waals surface area contributed by atoms with Gasteiger partial charge in [-0.1, -0.05) is 0 Å². The summed E-state index contributed by atoms with van der Waals surface area (Å²) in [6, 6.07) is -0.441. The number of carbonyl (C=O) groups is 2. The summed E-state index contributed by atoms with van der Waals surface area (Å²) in [5.74, 6) is 0.670. The SMILES string of the molecule is COC(=O)c1sc2nc(C)nc(N[C@@H](C)C(=O)N(C)C)c2c1C. The maximum atomic E-state index is 12.1. The van der Waals surface area contributed by atoms with E-state index in [2.05, 4.69) is 15.3 Å². The summed E-state index contributed by atoms with van der Waals surface area (Å²) in [7, 11) is 4.75. The molecule has 0 aliphatic rings. The molecule has 0 spiro atoms. The Bertz CT molecular complexity index is 770. The van der Waals surface area contributed by atoms with E-state index in [4.69, 9.17) is 4.74 Å². The van der Waals surface area contributed by atoms with Crippen molar-refractivity contribution in [1.29, 1.82) is 0 Å². The van der Waals surface area contributed by atoms with E-state index in [0.717, 1.165) is 10.9 Å². The predicted molar refractivity (Wildman–Crippen MR) is 90.0 cm³/mol. The van der Waals surface area contributed by atoms with E-state index in [1.807, 2.05) is 6.92 Å². The van der Waals surface area contributed by atoms with Gasteiger partial charge in [0, 0.05) is 14.1 Å². The van der Waals surface area contributed by atoms with Crippen molar-refractivity contribution in [3.8, 4) is 0 Å². The Morgan fingerprint density at radius 3 is 2.48 bits per heavy atom. The Balaban J connectivity index is 2.53.